The summed E-state index contributed by atoms with van der Waals surface area (Å²) in [4.78, 5) is 17.0. The van der Waals surface area contributed by atoms with Gasteiger partial charge in [0.25, 0.3) is 5.91 Å². The second-order valence-corrected chi connectivity index (χ2v) is 6.41. The standard InChI is InChI=1S/C22H15F3N4O/c23-22(24,25)16-10-7-11-17(14-16)26-21(30)19-27-20(15-8-3-1-4-9-15)29(28-19)18-12-5-2-6-13-18/h1-14H,(H,26,30). The number of nitrogens with one attached hydrogen (secondary N) is 1. The van der Waals surface area contributed by atoms with E-state index in [2.05, 4.69) is 15.4 Å². The number of nitrogens with zero attached hydrogens (tertiary/aromatic N) is 3. The molecule has 0 aliphatic carbocycles. The van der Waals surface area contributed by atoms with Gasteiger partial charge < -0.3 is 5.32 Å². The first-order valence-electron chi connectivity index (χ1n) is 8.98. The van der Waals surface area contributed by atoms with Crippen molar-refractivity contribution in [2.24, 2.45) is 0 Å². The van der Waals surface area contributed by atoms with Crippen molar-refractivity contribution >= 4 is 11.6 Å². The average Bonchev–Trinajstić information content (AvgIpc) is 3.20. The van der Waals surface area contributed by atoms with E-state index >= 15 is 0 Å². The van der Waals surface area contributed by atoms with E-state index < -0.39 is 17.6 Å². The predicted octanol–water partition coefficient (Wildman–Crippen LogP) is 5.21. The zero-order chi connectivity index (χ0) is 21.1. The van der Waals surface area contributed by atoms with Crippen LogP contribution in [0.1, 0.15) is 16.2 Å². The first kappa shape index (κ1) is 19.4. The van der Waals surface area contributed by atoms with Gasteiger partial charge in [-0.2, -0.15) is 13.2 Å². The van der Waals surface area contributed by atoms with Crippen LogP contribution in [-0.2, 0) is 6.18 Å². The van der Waals surface area contributed by atoms with Gasteiger partial charge in [0.05, 0.1) is 11.3 Å². The SMILES string of the molecule is O=C(Nc1cccc(C(F)(F)F)c1)c1nc(-c2ccccc2)n(-c2ccccc2)n1. The Labute approximate surface area is 169 Å². The maximum absolute atomic E-state index is 12.9. The highest BCUT2D eigenvalue weighted by molar-refractivity contribution is 6.01. The fourth-order valence-electron chi connectivity index (χ4n) is 2.89. The van der Waals surface area contributed by atoms with Gasteiger partial charge in [0.2, 0.25) is 5.82 Å². The molecule has 1 N–H and O–H groups in total. The zero-order valence-electron chi connectivity index (χ0n) is 15.5. The lowest BCUT2D eigenvalue weighted by atomic mass is 10.2. The number of amides is 1. The van der Waals surface area contributed by atoms with E-state index in [0.29, 0.717) is 11.5 Å². The highest BCUT2D eigenvalue weighted by Crippen LogP contribution is 2.30. The topological polar surface area (TPSA) is 59.8 Å². The maximum Gasteiger partial charge on any atom is 0.416 e. The highest BCUT2D eigenvalue weighted by atomic mass is 19.4. The van der Waals surface area contributed by atoms with Crippen LogP contribution in [0.2, 0.25) is 0 Å². The van der Waals surface area contributed by atoms with Crippen molar-refractivity contribution in [1.29, 1.82) is 0 Å². The lowest BCUT2D eigenvalue weighted by Gasteiger charge is -2.08. The van der Waals surface area contributed by atoms with Gasteiger partial charge in [-0.05, 0) is 30.3 Å². The molecular weight excluding hydrogens is 393 g/mol. The molecular formula is C22H15F3N4O. The van der Waals surface area contributed by atoms with Gasteiger partial charge in [-0.25, -0.2) is 9.67 Å². The lowest BCUT2D eigenvalue weighted by molar-refractivity contribution is -0.137. The number of halogens is 3. The van der Waals surface area contributed by atoms with Crippen LogP contribution in [0.15, 0.2) is 84.9 Å². The quantitative estimate of drug-likeness (QED) is 0.505. The monoisotopic (exact) mass is 408 g/mol. The Morgan fingerprint density at radius 2 is 1.53 bits per heavy atom. The molecule has 1 amide bonds. The molecule has 0 atom stereocenters. The number of alkyl halides is 3. The molecule has 0 unspecified atom stereocenters. The lowest BCUT2D eigenvalue weighted by Crippen LogP contribution is -2.15. The molecule has 1 aromatic heterocycles. The minimum absolute atomic E-state index is 0.00662. The molecule has 4 aromatic rings. The molecule has 3 aromatic carbocycles. The van der Waals surface area contributed by atoms with E-state index in [9.17, 15) is 18.0 Å². The van der Waals surface area contributed by atoms with E-state index in [-0.39, 0.29) is 11.5 Å². The number of rotatable bonds is 4. The zero-order valence-corrected chi connectivity index (χ0v) is 15.5. The smallest absolute Gasteiger partial charge is 0.319 e. The first-order chi connectivity index (χ1) is 14.4. The molecule has 0 spiro atoms. The summed E-state index contributed by atoms with van der Waals surface area (Å²) in [5, 5.41) is 6.73. The van der Waals surface area contributed by atoms with Crippen molar-refractivity contribution in [3.05, 3.63) is 96.3 Å². The van der Waals surface area contributed by atoms with Crippen LogP contribution in [0.25, 0.3) is 17.1 Å². The second kappa shape index (κ2) is 7.82. The van der Waals surface area contributed by atoms with Gasteiger partial charge >= 0.3 is 6.18 Å². The van der Waals surface area contributed by atoms with Crippen molar-refractivity contribution in [2.75, 3.05) is 5.32 Å². The number of benzene rings is 3. The van der Waals surface area contributed by atoms with Crippen molar-refractivity contribution in [3.63, 3.8) is 0 Å². The van der Waals surface area contributed by atoms with E-state index in [1.807, 2.05) is 60.7 Å². The summed E-state index contributed by atoms with van der Waals surface area (Å²) in [7, 11) is 0. The number of hydrogen-bond donors (Lipinski definition) is 1. The van der Waals surface area contributed by atoms with E-state index in [1.165, 1.54) is 16.8 Å². The van der Waals surface area contributed by atoms with Crippen molar-refractivity contribution in [1.82, 2.24) is 14.8 Å². The van der Waals surface area contributed by atoms with Crippen LogP contribution >= 0.6 is 0 Å². The summed E-state index contributed by atoms with van der Waals surface area (Å²) in [5.74, 6) is -0.424. The summed E-state index contributed by atoms with van der Waals surface area (Å²) in [6, 6.07) is 22.7. The predicted molar refractivity (Wildman–Crippen MR) is 106 cm³/mol. The number of carbonyl (C=O) groups excluding carboxylic acids is 1. The summed E-state index contributed by atoms with van der Waals surface area (Å²) in [6.07, 6.45) is -4.51. The molecule has 8 heteroatoms. The Balaban J connectivity index is 1.70. The number of hydrogen-bond acceptors (Lipinski definition) is 3. The Morgan fingerprint density at radius 3 is 2.20 bits per heavy atom. The average molecular weight is 408 g/mol. The van der Waals surface area contributed by atoms with Crippen molar-refractivity contribution < 1.29 is 18.0 Å². The van der Waals surface area contributed by atoms with Gasteiger partial charge in [0.1, 0.15) is 0 Å². The van der Waals surface area contributed by atoms with Crippen LogP contribution in [0.4, 0.5) is 18.9 Å². The number of aromatic nitrogens is 3. The molecule has 0 radical (unpaired) electrons. The molecule has 0 aliphatic heterocycles. The normalized spacial score (nSPS) is 11.3. The summed E-state index contributed by atoms with van der Waals surface area (Å²) in [5.41, 5.74) is 0.592. The van der Waals surface area contributed by atoms with Crippen LogP contribution in [0, 0.1) is 0 Å². The van der Waals surface area contributed by atoms with Gasteiger partial charge in [-0.15, -0.1) is 5.10 Å². The Kier molecular flexibility index (Phi) is 5.05. The largest absolute Gasteiger partial charge is 0.416 e. The summed E-state index contributed by atoms with van der Waals surface area (Å²) < 4.78 is 40.3. The highest BCUT2D eigenvalue weighted by Gasteiger charge is 2.30. The molecule has 0 saturated heterocycles. The van der Waals surface area contributed by atoms with Crippen LogP contribution < -0.4 is 5.32 Å². The first-order valence-corrected chi connectivity index (χ1v) is 8.98. The van der Waals surface area contributed by atoms with Crippen LogP contribution in [-0.4, -0.2) is 20.7 Å². The van der Waals surface area contributed by atoms with Gasteiger partial charge in [0, 0.05) is 11.3 Å². The third-order valence-electron chi connectivity index (χ3n) is 4.29. The molecule has 0 saturated carbocycles. The molecule has 0 fully saturated rings. The molecule has 0 aliphatic rings. The number of carbonyl (C=O) groups is 1. The third-order valence-corrected chi connectivity index (χ3v) is 4.29. The van der Waals surface area contributed by atoms with Crippen molar-refractivity contribution in [2.45, 2.75) is 6.18 Å². The number of para-hydroxylation sites is 1. The van der Waals surface area contributed by atoms with Crippen LogP contribution in [0.5, 0.6) is 0 Å². The fourth-order valence-corrected chi connectivity index (χ4v) is 2.89. The Morgan fingerprint density at radius 1 is 0.867 bits per heavy atom. The maximum atomic E-state index is 12.9. The number of anilines is 1. The minimum Gasteiger partial charge on any atom is -0.319 e. The molecule has 0 bridgehead atoms. The summed E-state index contributed by atoms with van der Waals surface area (Å²) in [6.45, 7) is 0. The second-order valence-electron chi connectivity index (χ2n) is 6.41. The molecule has 5 nitrogen and oxygen atoms in total. The van der Waals surface area contributed by atoms with Gasteiger partial charge in [-0.3, -0.25) is 4.79 Å². The van der Waals surface area contributed by atoms with E-state index in [1.54, 1.807) is 0 Å². The Hall–Kier alpha value is -3.94. The fraction of sp³-hybridized carbons (Fsp3) is 0.0455. The van der Waals surface area contributed by atoms with Crippen LogP contribution in [0.3, 0.4) is 0 Å². The Bertz CT molecular complexity index is 1110. The van der Waals surface area contributed by atoms with Gasteiger partial charge in [-0.1, -0.05) is 54.6 Å². The van der Waals surface area contributed by atoms with E-state index in [4.69, 9.17) is 0 Å². The molecule has 30 heavy (non-hydrogen) atoms. The third kappa shape index (κ3) is 4.07. The van der Waals surface area contributed by atoms with Crippen molar-refractivity contribution in [3.8, 4) is 17.1 Å². The van der Waals surface area contributed by atoms with Gasteiger partial charge in [0.15, 0.2) is 5.82 Å². The summed E-state index contributed by atoms with van der Waals surface area (Å²) >= 11 is 0. The molecule has 4 rings (SSSR count). The minimum atomic E-state index is -4.51. The molecule has 1 heterocycles. The van der Waals surface area contributed by atoms with E-state index in [0.717, 1.165) is 17.7 Å². The molecule has 150 valence electrons.